The van der Waals surface area contributed by atoms with Crippen LogP contribution in [0.2, 0.25) is 0 Å². The van der Waals surface area contributed by atoms with E-state index in [4.69, 9.17) is 5.73 Å². The maximum absolute atomic E-state index is 11.7. The van der Waals surface area contributed by atoms with Gasteiger partial charge in [0.15, 0.2) is 0 Å². The van der Waals surface area contributed by atoms with Gasteiger partial charge >= 0.3 is 7.60 Å². The van der Waals surface area contributed by atoms with Crippen LogP contribution in [-0.4, -0.2) is 27.5 Å². The summed E-state index contributed by atoms with van der Waals surface area (Å²) in [7, 11) is -4.25. The summed E-state index contributed by atoms with van der Waals surface area (Å²) in [6, 6.07) is -1.16. The van der Waals surface area contributed by atoms with Gasteiger partial charge in [0.25, 0.3) is 0 Å². The Morgan fingerprint density at radius 3 is 2.30 bits per heavy atom. The summed E-state index contributed by atoms with van der Waals surface area (Å²) >= 11 is 0. The van der Waals surface area contributed by atoms with Gasteiger partial charge in [-0.3, -0.25) is 4.57 Å². The molecule has 7 heteroatoms. The van der Waals surface area contributed by atoms with Crippen molar-refractivity contribution in [2.24, 2.45) is 17.6 Å². The normalized spacial score (nSPS) is 22.2. The first-order chi connectivity index (χ1) is 9.27. The molecule has 118 valence electrons. The predicted molar refractivity (Wildman–Crippen MR) is 73.8 cm³/mol. The molecule has 3 atom stereocenters. The molecule has 6 nitrogen and oxygen atoms in total. The van der Waals surface area contributed by atoms with Crippen LogP contribution in [0.25, 0.3) is 0 Å². The summed E-state index contributed by atoms with van der Waals surface area (Å²) in [6.45, 7) is 1.73. The third kappa shape index (κ3) is 4.85. The molecule has 0 aromatic rings. The second-order valence-electron chi connectivity index (χ2n) is 5.79. The van der Waals surface area contributed by atoms with Gasteiger partial charge in [-0.15, -0.1) is 0 Å². The molecule has 1 aliphatic carbocycles. The van der Waals surface area contributed by atoms with Crippen molar-refractivity contribution < 1.29 is 24.3 Å². The SMILES string of the molecule is CCC(C(CC(N)C(=O)[O-])C1CCCCC1)P(=O)(O)O. The maximum atomic E-state index is 11.7. The fourth-order valence-electron chi connectivity index (χ4n) is 3.41. The Kier molecular flexibility index (Phi) is 6.65. The zero-order chi connectivity index (χ0) is 15.3. The second kappa shape index (κ2) is 7.55. The van der Waals surface area contributed by atoms with Crippen LogP contribution in [0.1, 0.15) is 51.9 Å². The Morgan fingerprint density at radius 1 is 1.35 bits per heavy atom. The Labute approximate surface area is 119 Å². The van der Waals surface area contributed by atoms with E-state index in [1.165, 1.54) is 0 Å². The van der Waals surface area contributed by atoms with Crippen LogP contribution >= 0.6 is 7.60 Å². The smallest absolute Gasteiger partial charge is 0.328 e. The Balaban J connectivity index is 2.92. The number of carbonyl (C=O) groups excluding carboxylic acids is 1. The lowest BCUT2D eigenvalue weighted by Crippen LogP contribution is -2.45. The first-order valence-corrected chi connectivity index (χ1v) is 8.97. The molecule has 0 saturated heterocycles. The van der Waals surface area contributed by atoms with Gasteiger partial charge in [-0.2, -0.15) is 0 Å². The molecule has 0 radical (unpaired) electrons. The number of carbonyl (C=O) groups is 1. The van der Waals surface area contributed by atoms with Crippen molar-refractivity contribution >= 4 is 13.6 Å². The van der Waals surface area contributed by atoms with E-state index >= 15 is 0 Å². The van der Waals surface area contributed by atoms with Crippen molar-refractivity contribution in [2.45, 2.75) is 63.6 Å². The average Bonchev–Trinajstić information content (AvgIpc) is 2.37. The van der Waals surface area contributed by atoms with Crippen molar-refractivity contribution in [3.8, 4) is 0 Å². The Hall–Kier alpha value is -0.420. The van der Waals surface area contributed by atoms with Gasteiger partial charge in [0.2, 0.25) is 0 Å². The summed E-state index contributed by atoms with van der Waals surface area (Å²) in [6.07, 6.45) is 5.37. The highest BCUT2D eigenvalue weighted by molar-refractivity contribution is 7.52. The van der Waals surface area contributed by atoms with E-state index in [9.17, 15) is 24.3 Å². The van der Waals surface area contributed by atoms with Gasteiger partial charge < -0.3 is 25.4 Å². The fraction of sp³-hybridized carbons (Fsp3) is 0.923. The Morgan fingerprint density at radius 2 is 1.90 bits per heavy atom. The summed E-state index contributed by atoms with van der Waals surface area (Å²) in [5.41, 5.74) is 4.74. The van der Waals surface area contributed by atoms with Crippen LogP contribution < -0.4 is 10.8 Å². The van der Waals surface area contributed by atoms with Crippen molar-refractivity contribution in [3.63, 3.8) is 0 Å². The molecular formula is C13H25NO5P-. The van der Waals surface area contributed by atoms with Crippen LogP contribution in [0.4, 0.5) is 0 Å². The van der Waals surface area contributed by atoms with Crippen LogP contribution in [0.15, 0.2) is 0 Å². The fourth-order valence-corrected chi connectivity index (χ4v) is 4.75. The van der Waals surface area contributed by atoms with Crippen LogP contribution in [0.5, 0.6) is 0 Å². The van der Waals surface area contributed by atoms with E-state index in [1.54, 1.807) is 6.92 Å². The molecule has 1 fully saturated rings. The number of hydrogen-bond donors (Lipinski definition) is 3. The van der Waals surface area contributed by atoms with Gasteiger partial charge in [-0.05, 0) is 24.7 Å². The first kappa shape index (κ1) is 17.6. The summed E-state index contributed by atoms with van der Waals surface area (Å²) in [5, 5.41) is 10.8. The van der Waals surface area contributed by atoms with Gasteiger partial charge in [-0.1, -0.05) is 39.0 Å². The third-order valence-corrected chi connectivity index (χ3v) is 6.04. The highest BCUT2D eigenvalue weighted by atomic mass is 31.2. The number of carboxylic acid groups (broad SMARTS) is 1. The zero-order valence-corrected chi connectivity index (χ0v) is 12.8. The quantitative estimate of drug-likeness (QED) is 0.592. The van der Waals surface area contributed by atoms with Gasteiger partial charge in [0, 0.05) is 6.04 Å². The summed E-state index contributed by atoms with van der Waals surface area (Å²) in [4.78, 5) is 29.9. The zero-order valence-electron chi connectivity index (χ0n) is 11.9. The number of nitrogens with two attached hydrogens (primary N) is 1. The molecule has 0 amide bonds. The van der Waals surface area contributed by atoms with E-state index < -0.39 is 25.3 Å². The molecule has 0 aliphatic heterocycles. The monoisotopic (exact) mass is 306 g/mol. The minimum Gasteiger partial charge on any atom is -0.548 e. The minimum atomic E-state index is -4.25. The molecule has 1 aliphatic rings. The number of carboxylic acids is 1. The number of hydrogen-bond acceptors (Lipinski definition) is 4. The highest BCUT2D eigenvalue weighted by Gasteiger charge is 2.39. The van der Waals surface area contributed by atoms with E-state index in [0.717, 1.165) is 32.1 Å². The molecule has 1 saturated carbocycles. The van der Waals surface area contributed by atoms with Crippen LogP contribution in [0.3, 0.4) is 0 Å². The molecular weight excluding hydrogens is 281 g/mol. The lowest BCUT2D eigenvalue weighted by atomic mass is 9.75. The molecule has 3 unspecified atom stereocenters. The number of aliphatic carboxylic acids is 1. The van der Waals surface area contributed by atoms with Gasteiger partial charge in [0.1, 0.15) is 0 Å². The van der Waals surface area contributed by atoms with E-state index in [-0.39, 0.29) is 18.3 Å². The van der Waals surface area contributed by atoms with Crippen molar-refractivity contribution in [1.29, 1.82) is 0 Å². The molecule has 20 heavy (non-hydrogen) atoms. The van der Waals surface area contributed by atoms with E-state index in [0.29, 0.717) is 6.42 Å². The van der Waals surface area contributed by atoms with Crippen molar-refractivity contribution in [3.05, 3.63) is 0 Å². The highest BCUT2D eigenvalue weighted by Crippen LogP contribution is 2.51. The largest absolute Gasteiger partial charge is 0.548 e. The van der Waals surface area contributed by atoms with Gasteiger partial charge in [0.05, 0.1) is 11.6 Å². The summed E-state index contributed by atoms with van der Waals surface area (Å²) < 4.78 is 11.7. The Bertz CT molecular complexity index is 364. The maximum Gasteiger partial charge on any atom is 0.328 e. The average molecular weight is 306 g/mol. The van der Waals surface area contributed by atoms with Crippen LogP contribution in [-0.2, 0) is 9.36 Å². The molecule has 0 aromatic carbocycles. The summed E-state index contributed by atoms with van der Waals surface area (Å²) in [5.74, 6) is -1.56. The second-order valence-corrected chi connectivity index (χ2v) is 7.63. The van der Waals surface area contributed by atoms with Crippen molar-refractivity contribution in [1.82, 2.24) is 0 Å². The molecule has 4 N–H and O–H groups in total. The molecule has 1 rings (SSSR count). The van der Waals surface area contributed by atoms with E-state index in [2.05, 4.69) is 0 Å². The lowest BCUT2D eigenvalue weighted by Gasteiger charge is -2.37. The topological polar surface area (TPSA) is 124 Å². The number of rotatable bonds is 7. The standard InChI is InChI=1S/C13H26NO5P/c1-2-12(20(17,18)19)10(8-11(14)13(15)16)9-6-4-3-5-7-9/h9-12H,2-8,14H2,1H3,(H,15,16)(H2,17,18,19)/p-1. The third-order valence-electron chi connectivity index (χ3n) is 4.43. The lowest BCUT2D eigenvalue weighted by molar-refractivity contribution is -0.308. The van der Waals surface area contributed by atoms with Crippen LogP contribution in [0, 0.1) is 11.8 Å². The minimum absolute atomic E-state index is 0.0800. The molecule has 0 aromatic heterocycles. The first-order valence-electron chi connectivity index (χ1n) is 7.29. The van der Waals surface area contributed by atoms with E-state index in [1.807, 2.05) is 0 Å². The van der Waals surface area contributed by atoms with Crippen molar-refractivity contribution in [2.75, 3.05) is 0 Å². The molecule has 0 bridgehead atoms. The van der Waals surface area contributed by atoms with Gasteiger partial charge in [-0.25, -0.2) is 0 Å². The molecule has 0 spiro atoms. The predicted octanol–water partition coefficient (Wildman–Crippen LogP) is 0.606. The molecule has 0 heterocycles.